The minimum absolute atomic E-state index is 0.0773. The number of hydrogen-bond acceptors (Lipinski definition) is 6. The molecule has 0 unspecified atom stereocenters. The molecular weight excluding hydrogens is 376 g/mol. The van der Waals surface area contributed by atoms with Gasteiger partial charge in [-0.05, 0) is 54.5 Å². The highest BCUT2D eigenvalue weighted by molar-refractivity contribution is 5.92. The van der Waals surface area contributed by atoms with Crippen LogP contribution in [0.25, 0.3) is 10.9 Å². The second-order valence-corrected chi connectivity index (χ2v) is 7.40. The van der Waals surface area contributed by atoms with Crippen molar-refractivity contribution in [2.75, 3.05) is 43.6 Å². The summed E-state index contributed by atoms with van der Waals surface area (Å²) in [5, 5.41) is 13.3. The topological polar surface area (TPSA) is 70.5 Å². The van der Waals surface area contributed by atoms with Gasteiger partial charge in [0.15, 0.2) is 0 Å². The van der Waals surface area contributed by atoms with Gasteiger partial charge in [0.2, 0.25) is 5.82 Å². The Hall–Kier alpha value is -3.30. The zero-order chi connectivity index (χ0) is 20.9. The van der Waals surface area contributed by atoms with Gasteiger partial charge in [0.25, 0.3) is 0 Å². The van der Waals surface area contributed by atoms with E-state index in [-0.39, 0.29) is 6.61 Å². The van der Waals surface area contributed by atoms with Gasteiger partial charge in [0.05, 0.1) is 19.2 Å². The number of rotatable bonds is 6. The number of hydrogen-bond donors (Lipinski definition) is 2. The Morgan fingerprint density at radius 1 is 1.20 bits per heavy atom. The van der Waals surface area contributed by atoms with Crippen LogP contribution in [0.15, 0.2) is 42.5 Å². The average Bonchev–Trinajstić information content (AvgIpc) is 2.82. The van der Waals surface area contributed by atoms with Gasteiger partial charge < -0.3 is 20.1 Å². The van der Waals surface area contributed by atoms with Crippen LogP contribution in [0.3, 0.4) is 0 Å². The number of para-hydroxylation sites is 1. The number of nitrogens with zero attached hydrogens (tertiary/aromatic N) is 3. The van der Waals surface area contributed by atoms with Crippen molar-refractivity contribution in [2.24, 2.45) is 0 Å². The number of aliphatic hydroxyl groups excluding tert-OH is 1. The van der Waals surface area contributed by atoms with Crippen molar-refractivity contribution in [1.29, 1.82) is 0 Å². The van der Waals surface area contributed by atoms with Crippen LogP contribution in [0, 0.1) is 12.3 Å². The number of anilines is 2. The molecule has 0 amide bonds. The zero-order valence-electron chi connectivity index (χ0n) is 17.1. The van der Waals surface area contributed by atoms with Crippen molar-refractivity contribution >= 4 is 22.4 Å². The fourth-order valence-corrected chi connectivity index (χ4v) is 4.13. The maximum Gasteiger partial charge on any atom is 0.207 e. The standard InChI is InChI=1S/C24H26N4O2/c1-3-23-26-21-9-8-18(25-12-15-29)16-20(21)24(27-23)28-13-10-17(11-14-28)19-6-4-5-7-22(19)30-2/h1,4-9,16-17,25,29H,10-15H2,2H3. The van der Waals surface area contributed by atoms with E-state index in [1.54, 1.807) is 7.11 Å². The van der Waals surface area contributed by atoms with E-state index in [2.05, 4.69) is 38.2 Å². The van der Waals surface area contributed by atoms with Crippen molar-refractivity contribution in [2.45, 2.75) is 18.8 Å². The molecule has 1 fully saturated rings. The van der Waals surface area contributed by atoms with Crippen LogP contribution in [-0.4, -0.2) is 48.4 Å². The zero-order valence-corrected chi connectivity index (χ0v) is 17.1. The number of terminal acetylenes is 1. The molecule has 0 radical (unpaired) electrons. The molecule has 1 aliphatic rings. The summed E-state index contributed by atoms with van der Waals surface area (Å²) in [6.07, 6.45) is 7.64. The molecule has 2 N–H and O–H groups in total. The van der Waals surface area contributed by atoms with E-state index in [0.29, 0.717) is 18.3 Å². The summed E-state index contributed by atoms with van der Waals surface area (Å²) >= 11 is 0. The van der Waals surface area contributed by atoms with Gasteiger partial charge in [-0.2, -0.15) is 0 Å². The molecule has 2 aromatic carbocycles. The maximum absolute atomic E-state index is 9.10. The molecule has 3 aromatic rings. The average molecular weight is 402 g/mol. The molecule has 0 atom stereocenters. The minimum atomic E-state index is 0.0773. The van der Waals surface area contributed by atoms with Gasteiger partial charge in [0, 0.05) is 30.7 Å². The van der Waals surface area contributed by atoms with Crippen LogP contribution in [0.4, 0.5) is 11.5 Å². The van der Waals surface area contributed by atoms with Gasteiger partial charge in [-0.15, -0.1) is 6.42 Å². The fraction of sp³-hybridized carbons (Fsp3) is 0.333. The normalized spacial score (nSPS) is 14.5. The summed E-state index contributed by atoms with van der Waals surface area (Å²) in [6, 6.07) is 14.2. The number of benzene rings is 2. The van der Waals surface area contributed by atoms with Crippen LogP contribution in [-0.2, 0) is 0 Å². The largest absolute Gasteiger partial charge is 0.496 e. The monoisotopic (exact) mass is 402 g/mol. The van der Waals surface area contributed by atoms with Crippen molar-refractivity contribution in [1.82, 2.24) is 9.97 Å². The molecule has 4 rings (SSSR count). The van der Waals surface area contributed by atoms with Gasteiger partial charge in [0.1, 0.15) is 11.6 Å². The molecule has 30 heavy (non-hydrogen) atoms. The summed E-state index contributed by atoms with van der Waals surface area (Å²) in [4.78, 5) is 11.5. The first-order valence-corrected chi connectivity index (χ1v) is 10.2. The lowest BCUT2D eigenvalue weighted by Gasteiger charge is -2.34. The number of piperidine rings is 1. The predicted molar refractivity (Wildman–Crippen MR) is 120 cm³/mol. The Morgan fingerprint density at radius 2 is 2.00 bits per heavy atom. The van der Waals surface area contributed by atoms with Gasteiger partial charge >= 0.3 is 0 Å². The third-order valence-electron chi connectivity index (χ3n) is 5.62. The smallest absolute Gasteiger partial charge is 0.207 e. The lowest BCUT2D eigenvalue weighted by atomic mass is 9.88. The molecule has 0 bridgehead atoms. The van der Waals surface area contributed by atoms with E-state index in [9.17, 15) is 0 Å². The van der Waals surface area contributed by atoms with E-state index < -0.39 is 0 Å². The molecule has 6 heteroatoms. The third kappa shape index (κ3) is 4.03. The lowest BCUT2D eigenvalue weighted by Crippen LogP contribution is -2.34. The molecule has 1 aromatic heterocycles. The molecule has 1 saturated heterocycles. The van der Waals surface area contributed by atoms with Crippen molar-refractivity contribution in [3.05, 3.63) is 53.9 Å². The van der Waals surface area contributed by atoms with E-state index in [4.69, 9.17) is 16.3 Å². The minimum Gasteiger partial charge on any atom is -0.496 e. The van der Waals surface area contributed by atoms with Crippen LogP contribution >= 0.6 is 0 Å². The highest BCUT2D eigenvalue weighted by atomic mass is 16.5. The Labute approximate surface area is 176 Å². The molecule has 0 aliphatic carbocycles. The number of methoxy groups -OCH3 is 1. The van der Waals surface area contributed by atoms with Gasteiger partial charge in [-0.25, -0.2) is 9.97 Å². The van der Waals surface area contributed by atoms with Crippen LogP contribution in [0.5, 0.6) is 5.75 Å². The van der Waals surface area contributed by atoms with E-state index in [1.165, 1.54) is 5.56 Å². The molecule has 6 nitrogen and oxygen atoms in total. The number of aromatic nitrogens is 2. The van der Waals surface area contributed by atoms with E-state index in [1.807, 2.05) is 30.3 Å². The third-order valence-corrected chi connectivity index (χ3v) is 5.62. The molecule has 1 aliphatic heterocycles. The summed E-state index contributed by atoms with van der Waals surface area (Å²) in [7, 11) is 1.73. The fourth-order valence-electron chi connectivity index (χ4n) is 4.13. The first-order valence-electron chi connectivity index (χ1n) is 10.2. The SMILES string of the molecule is C#Cc1nc(N2CCC(c3ccccc3OC)CC2)c2cc(NCCO)ccc2n1. The van der Waals surface area contributed by atoms with E-state index >= 15 is 0 Å². The summed E-state index contributed by atoms with van der Waals surface area (Å²) in [5.74, 6) is 5.27. The summed E-state index contributed by atoms with van der Waals surface area (Å²) < 4.78 is 5.56. The Bertz CT molecular complexity index is 1070. The number of aliphatic hydroxyl groups is 1. The molecule has 2 heterocycles. The Kier molecular flexibility index (Phi) is 6.01. The highest BCUT2D eigenvalue weighted by Gasteiger charge is 2.25. The number of ether oxygens (including phenoxy) is 1. The van der Waals surface area contributed by atoms with Crippen LogP contribution in [0.1, 0.15) is 30.1 Å². The summed E-state index contributed by atoms with van der Waals surface area (Å²) in [6.45, 7) is 2.34. The molecular formula is C24H26N4O2. The molecule has 154 valence electrons. The van der Waals surface area contributed by atoms with Gasteiger partial charge in [-0.3, -0.25) is 0 Å². The predicted octanol–water partition coefficient (Wildman–Crippen LogP) is 3.41. The van der Waals surface area contributed by atoms with Crippen LogP contribution in [0.2, 0.25) is 0 Å². The second-order valence-electron chi connectivity index (χ2n) is 7.40. The van der Waals surface area contributed by atoms with Crippen LogP contribution < -0.4 is 15.0 Å². The molecule has 0 spiro atoms. The molecule has 0 saturated carbocycles. The number of fused-ring (bicyclic) bond motifs is 1. The van der Waals surface area contributed by atoms with E-state index in [0.717, 1.165) is 54.1 Å². The first-order chi connectivity index (χ1) is 14.7. The quantitative estimate of drug-likeness (QED) is 0.616. The van der Waals surface area contributed by atoms with Crippen molar-refractivity contribution in [3.8, 4) is 18.1 Å². The first kappa shape index (κ1) is 20.0. The summed E-state index contributed by atoms with van der Waals surface area (Å²) in [5.41, 5.74) is 3.03. The number of nitrogens with one attached hydrogen (secondary N) is 1. The van der Waals surface area contributed by atoms with Crippen molar-refractivity contribution in [3.63, 3.8) is 0 Å². The van der Waals surface area contributed by atoms with Gasteiger partial charge in [-0.1, -0.05) is 18.2 Å². The Balaban J connectivity index is 1.62. The lowest BCUT2D eigenvalue weighted by molar-refractivity contribution is 0.311. The second kappa shape index (κ2) is 9.02. The van der Waals surface area contributed by atoms with Crippen molar-refractivity contribution < 1.29 is 9.84 Å². The Morgan fingerprint density at radius 3 is 2.73 bits per heavy atom. The maximum atomic E-state index is 9.10. The highest BCUT2D eigenvalue weighted by Crippen LogP contribution is 2.36.